The highest BCUT2D eigenvalue weighted by atomic mass is 32.2. The van der Waals surface area contributed by atoms with E-state index in [0.717, 1.165) is 24.3 Å². The van der Waals surface area contributed by atoms with Crippen LogP contribution in [-0.4, -0.2) is 39.6 Å². The SMILES string of the molecule is COc1ccc(S(=O)(=O)NC2CCCSC2)c(CCN)c1. The lowest BCUT2D eigenvalue weighted by molar-refractivity contribution is 0.413. The van der Waals surface area contributed by atoms with Crippen molar-refractivity contribution in [1.82, 2.24) is 4.72 Å². The molecule has 1 aliphatic heterocycles. The molecule has 1 aromatic rings. The van der Waals surface area contributed by atoms with Gasteiger partial charge in [-0.2, -0.15) is 11.8 Å². The number of nitrogens with one attached hydrogen (secondary N) is 1. The van der Waals surface area contributed by atoms with Crippen LogP contribution in [0.15, 0.2) is 23.1 Å². The summed E-state index contributed by atoms with van der Waals surface area (Å²) >= 11 is 1.79. The number of hydrogen-bond donors (Lipinski definition) is 2. The fourth-order valence-corrected chi connectivity index (χ4v) is 5.11. The predicted molar refractivity (Wildman–Crippen MR) is 86.4 cm³/mol. The normalized spacial score (nSPS) is 19.4. The van der Waals surface area contributed by atoms with Gasteiger partial charge in [0.2, 0.25) is 10.0 Å². The number of hydrogen-bond acceptors (Lipinski definition) is 5. The third kappa shape index (κ3) is 4.35. The fraction of sp³-hybridized carbons (Fsp3) is 0.571. The average Bonchev–Trinajstić information content (AvgIpc) is 2.48. The Morgan fingerprint density at radius 1 is 1.48 bits per heavy atom. The maximum Gasteiger partial charge on any atom is 0.241 e. The molecule has 0 aromatic heterocycles. The molecule has 5 nitrogen and oxygen atoms in total. The Balaban J connectivity index is 2.25. The summed E-state index contributed by atoms with van der Waals surface area (Å²) in [6.45, 7) is 0.398. The van der Waals surface area contributed by atoms with Gasteiger partial charge in [0.05, 0.1) is 12.0 Å². The highest BCUT2D eigenvalue weighted by Crippen LogP contribution is 2.24. The first kappa shape index (κ1) is 16.6. The molecule has 1 unspecified atom stereocenters. The number of nitrogens with two attached hydrogens (primary N) is 1. The van der Waals surface area contributed by atoms with Gasteiger partial charge < -0.3 is 10.5 Å². The minimum atomic E-state index is -3.51. The van der Waals surface area contributed by atoms with Crippen LogP contribution in [0.3, 0.4) is 0 Å². The van der Waals surface area contributed by atoms with Crippen LogP contribution in [0, 0.1) is 0 Å². The van der Waals surface area contributed by atoms with Gasteiger partial charge in [-0.25, -0.2) is 13.1 Å². The molecule has 1 aliphatic rings. The van der Waals surface area contributed by atoms with Crippen LogP contribution >= 0.6 is 11.8 Å². The van der Waals surface area contributed by atoms with Crippen LogP contribution in [0.2, 0.25) is 0 Å². The van der Waals surface area contributed by atoms with E-state index in [-0.39, 0.29) is 6.04 Å². The van der Waals surface area contributed by atoms with Crippen molar-refractivity contribution in [2.45, 2.75) is 30.2 Å². The highest BCUT2D eigenvalue weighted by molar-refractivity contribution is 7.99. The fourth-order valence-electron chi connectivity index (χ4n) is 2.41. The molecular weight excluding hydrogens is 308 g/mol. The van der Waals surface area contributed by atoms with E-state index < -0.39 is 10.0 Å². The monoisotopic (exact) mass is 330 g/mol. The summed E-state index contributed by atoms with van der Waals surface area (Å²) in [5, 5.41) is 0. The summed E-state index contributed by atoms with van der Waals surface area (Å²) in [5.74, 6) is 2.59. The first-order valence-electron chi connectivity index (χ1n) is 7.04. The van der Waals surface area contributed by atoms with Crippen LogP contribution in [-0.2, 0) is 16.4 Å². The predicted octanol–water partition coefficient (Wildman–Crippen LogP) is 1.37. The molecule has 1 aromatic carbocycles. The molecule has 0 radical (unpaired) electrons. The third-order valence-electron chi connectivity index (χ3n) is 3.45. The lowest BCUT2D eigenvalue weighted by Crippen LogP contribution is -2.38. The number of rotatable bonds is 6. The van der Waals surface area contributed by atoms with E-state index in [1.807, 2.05) is 0 Å². The molecule has 21 heavy (non-hydrogen) atoms. The summed E-state index contributed by atoms with van der Waals surface area (Å²) in [6.07, 6.45) is 2.46. The summed E-state index contributed by atoms with van der Waals surface area (Å²) in [6, 6.07) is 5.03. The zero-order valence-corrected chi connectivity index (χ0v) is 13.8. The molecule has 0 amide bonds. The quantitative estimate of drug-likeness (QED) is 0.823. The van der Waals surface area contributed by atoms with Gasteiger partial charge in [-0.15, -0.1) is 0 Å². The Labute approximate surface area is 130 Å². The molecule has 0 spiro atoms. The van der Waals surface area contributed by atoms with E-state index in [1.54, 1.807) is 37.1 Å². The van der Waals surface area contributed by atoms with E-state index in [4.69, 9.17) is 10.5 Å². The second-order valence-corrected chi connectivity index (χ2v) is 7.88. The molecule has 1 atom stereocenters. The van der Waals surface area contributed by atoms with Crippen molar-refractivity contribution in [2.24, 2.45) is 5.73 Å². The molecule has 0 aliphatic carbocycles. The van der Waals surface area contributed by atoms with Crippen molar-refractivity contribution in [1.29, 1.82) is 0 Å². The van der Waals surface area contributed by atoms with Gasteiger partial charge in [-0.1, -0.05) is 0 Å². The topological polar surface area (TPSA) is 81.4 Å². The molecule has 1 saturated heterocycles. The molecule has 1 heterocycles. The number of ether oxygens (including phenoxy) is 1. The number of methoxy groups -OCH3 is 1. The van der Waals surface area contributed by atoms with Gasteiger partial charge >= 0.3 is 0 Å². The summed E-state index contributed by atoms with van der Waals surface area (Å²) < 4.78 is 33.2. The molecule has 1 fully saturated rings. The molecule has 2 rings (SSSR count). The summed E-state index contributed by atoms with van der Waals surface area (Å²) in [4.78, 5) is 0.310. The van der Waals surface area contributed by atoms with Gasteiger partial charge in [-0.05, 0) is 55.3 Å². The van der Waals surface area contributed by atoms with Crippen LogP contribution < -0.4 is 15.2 Å². The van der Waals surface area contributed by atoms with E-state index in [9.17, 15) is 8.42 Å². The minimum Gasteiger partial charge on any atom is -0.497 e. The first-order valence-corrected chi connectivity index (χ1v) is 9.67. The third-order valence-corrected chi connectivity index (χ3v) is 6.29. The number of sulfonamides is 1. The summed E-state index contributed by atoms with van der Waals surface area (Å²) in [7, 11) is -1.95. The van der Waals surface area contributed by atoms with E-state index >= 15 is 0 Å². The van der Waals surface area contributed by atoms with Crippen molar-refractivity contribution >= 4 is 21.8 Å². The van der Waals surface area contributed by atoms with Gasteiger partial charge in [-0.3, -0.25) is 0 Å². The summed E-state index contributed by atoms with van der Waals surface area (Å²) in [5.41, 5.74) is 6.29. The van der Waals surface area contributed by atoms with E-state index in [2.05, 4.69) is 4.72 Å². The van der Waals surface area contributed by atoms with Gasteiger partial charge in [0.15, 0.2) is 0 Å². The van der Waals surface area contributed by atoms with Gasteiger partial charge in [0, 0.05) is 11.8 Å². The van der Waals surface area contributed by atoms with Crippen LogP contribution in [0.4, 0.5) is 0 Å². The van der Waals surface area contributed by atoms with Gasteiger partial charge in [0.1, 0.15) is 5.75 Å². The molecule has 118 valence electrons. The maximum atomic E-state index is 12.6. The van der Waals surface area contributed by atoms with Crippen molar-refractivity contribution in [3.05, 3.63) is 23.8 Å². The Kier molecular flexibility index (Phi) is 5.92. The number of thioether (sulfide) groups is 1. The van der Waals surface area contributed by atoms with E-state index in [0.29, 0.717) is 29.2 Å². The Morgan fingerprint density at radius 2 is 2.29 bits per heavy atom. The van der Waals surface area contributed by atoms with Crippen molar-refractivity contribution in [2.75, 3.05) is 25.2 Å². The average molecular weight is 330 g/mol. The van der Waals surface area contributed by atoms with E-state index in [1.165, 1.54) is 0 Å². The molecular formula is C14H22N2O3S2. The van der Waals surface area contributed by atoms with Crippen LogP contribution in [0.5, 0.6) is 5.75 Å². The van der Waals surface area contributed by atoms with Crippen molar-refractivity contribution in [3.63, 3.8) is 0 Å². The Morgan fingerprint density at radius 3 is 2.90 bits per heavy atom. The largest absolute Gasteiger partial charge is 0.497 e. The smallest absolute Gasteiger partial charge is 0.241 e. The molecule has 7 heteroatoms. The van der Waals surface area contributed by atoms with Crippen LogP contribution in [0.25, 0.3) is 0 Å². The zero-order chi connectivity index (χ0) is 15.3. The molecule has 0 saturated carbocycles. The second-order valence-electron chi connectivity index (χ2n) is 5.05. The van der Waals surface area contributed by atoms with Gasteiger partial charge in [0.25, 0.3) is 0 Å². The number of benzene rings is 1. The molecule has 3 N–H and O–H groups in total. The standard InChI is InChI=1S/C14H22N2O3S2/c1-19-13-4-5-14(11(9-13)6-7-15)21(17,18)16-12-3-2-8-20-10-12/h4-5,9,12,16H,2-3,6-8,10,15H2,1H3. The lowest BCUT2D eigenvalue weighted by Gasteiger charge is -2.23. The first-order chi connectivity index (χ1) is 10.1. The Hall–Kier alpha value is -0.760. The second kappa shape index (κ2) is 7.49. The lowest BCUT2D eigenvalue weighted by atomic mass is 10.1. The zero-order valence-electron chi connectivity index (χ0n) is 12.2. The Bertz CT molecular complexity index is 570. The van der Waals surface area contributed by atoms with Crippen LogP contribution in [0.1, 0.15) is 18.4 Å². The van der Waals surface area contributed by atoms with Crippen molar-refractivity contribution in [3.8, 4) is 5.75 Å². The maximum absolute atomic E-state index is 12.6. The minimum absolute atomic E-state index is 0.0154. The molecule has 0 bridgehead atoms. The highest BCUT2D eigenvalue weighted by Gasteiger charge is 2.24. The van der Waals surface area contributed by atoms with Crippen molar-refractivity contribution < 1.29 is 13.2 Å².